The van der Waals surface area contributed by atoms with Crippen LogP contribution in [0.4, 0.5) is 18.9 Å². The SMILES string of the molecule is CN(c1ccc(C(F)(F)F)cc1C#N)C1CCS(=O)(=O)C1. The van der Waals surface area contributed by atoms with Crippen LogP contribution in [0.1, 0.15) is 17.5 Å². The van der Waals surface area contributed by atoms with Crippen LogP contribution in [0.2, 0.25) is 0 Å². The van der Waals surface area contributed by atoms with E-state index >= 15 is 0 Å². The summed E-state index contributed by atoms with van der Waals surface area (Å²) in [6.07, 6.45) is -4.11. The highest BCUT2D eigenvalue weighted by molar-refractivity contribution is 7.91. The molecular weight excluding hydrogens is 305 g/mol. The van der Waals surface area contributed by atoms with Crippen LogP contribution >= 0.6 is 0 Å². The Hall–Kier alpha value is -1.75. The number of rotatable bonds is 2. The second-order valence-corrected chi connectivity index (χ2v) is 7.24. The van der Waals surface area contributed by atoms with E-state index in [4.69, 9.17) is 5.26 Å². The quantitative estimate of drug-likeness (QED) is 0.839. The number of nitriles is 1. The zero-order chi connectivity index (χ0) is 15.8. The third kappa shape index (κ3) is 3.29. The van der Waals surface area contributed by atoms with Crippen LogP contribution in [0.15, 0.2) is 18.2 Å². The molecule has 8 heteroatoms. The lowest BCUT2D eigenvalue weighted by atomic mass is 10.1. The van der Waals surface area contributed by atoms with Gasteiger partial charge in [-0.2, -0.15) is 18.4 Å². The summed E-state index contributed by atoms with van der Waals surface area (Å²) in [5.41, 5.74) is -0.695. The molecule has 0 amide bonds. The first-order valence-electron chi connectivity index (χ1n) is 6.18. The zero-order valence-electron chi connectivity index (χ0n) is 11.2. The minimum absolute atomic E-state index is 0.0462. The molecule has 1 heterocycles. The number of hydrogen-bond acceptors (Lipinski definition) is 4. The van der Waals surface area contributed by atoms with E-state index < -0.39 is 21.6 Å². The van der Waals surface area contributed by atoms with Crippen molar-refractivity contribution in [3.8, 4) is 6.07 Å². The van der Waals surface area contributed by atoms with Crippen molar-refractivity contribution in [2.24, 2.45) is 0 Å². The van der Waals surface area contributed by atoms with Gasteiger partial charge in [-0.15, -0.1) is 0 Å². The number of anilines is 1. The Morgan fingerprint density at radius 1 is 1.38 bits per heavy atom. The number of benzene rings is 1. The van der Waals surface area contributed by atoms with Gasteiger partial charge in [0.15, 0.2) is 9.84 Å². The van der Waals surface area contributed by atoms with Crippen LogP contribution in [0, 0.1) is 11.3 Å². The molecule has 114 valence electrons. The van der Waals surface area contributed by atoms with E-state index in [1.807, 2.05) is 0 Å². The Morgan fingerprint density at radius 3 is 2.52 bits per heavy atom. The van der Waals surface area contributed by atoms with Crippen molar-refractivity contribution < 1.29 is 21.6 Å². The Labute approximate surface area is 120 Å². The summed E-state index contributed by atoms with van der Waals surface area (Å²) >= 11 is 0. The van der Waals surface area contributed by atoms with Gasteiger partial charge >= 0.3 is 6.18 Å². The molecule has 0 saturated carbocycles. The van der Waals surface area contributed by atoms with Crippen molar-refractivity contribution in [1.29, 1.82) is 5.26 Å². The predicted molar refractivity (Wildman–Crippen MR) is 71.6 cm³/mol. The molecular formula is C13H13F3N2O2S. The molecule has 1 aliphatic rings. The standard InChI is InChI=1S/C13H13F3N2O2S/c1-18(11-4-5-21(19,20)8-11)12-3-2-10(13(14,15)16)6-9(12)7-17/h2-3,6,11H,4-5,8H2,1H3. The maximum atomic E-state index is 12.6. The minimum atomic E-state index is -4.51. The van der Waals surface area contributed by atoms with Gasteiger partial charge in [-0.25, -0.2) is 8.42 Å². The van der Waals surface area contributed by atoms with Crippen LogP contribution in [-0.4, -0.2) is 33.0 Å². The first kappa shape index (κ1) is 15.6. The van der Waals surface area contributed by atoms with Crippen molar-refractivity contribution in [2.45, 2.75) is 18.6 Å². The number of alkyl halides is 3. The van der Waals surface area contributed by atoms with Crippen LogP contribution in [0.5, 0.6) is 0 Å². The molecule has 1 aromatic carbocycles. The third-order valence-corrected chi connectivity index (χ3v) is 5.33. The predicted octanol–water partition coefficient (Wildman–Crippen LogP) is 2.20. The third-order valence-electron chi connectivity index (χ3n) is 3.58. The van der Waals surface area contributed by atoms with Crippen LogP contribution in [0.25, 0.3) is 0 Å². The normalized spacial score (nSPS) is 21.0. The zero-order valence-corrected chi connectivity index (χ0v) is 12.0. The number of sulfone groups is 1. The highest BCUT2D eigenvalue weighted by atomic mass is 32.2. The van der Waals surface area contributed by atoms with Crippen molar-refractivity contribution >= 4 is 15.5 Å². The summed E-state index contributed by atoms with van der Waals surface area (Å²) in [5, 5.41) is 9.04. The molecule has 1 fully saturated rings. The number of halogens is 3. The summed E-state index contributed by atoms with van der Waals surface area (Å²) in [4.78, 5) is 1.57. The minimum Gasteiger partial charge on any atom is -0.369 e. The molecule has 1 unspecified atom stereocenters. The van der Waals surface area contributed by atoms with E-state index in [0.717, 1.165) is 12.1 Å². The largest absolute Gasteiger partial charge is 0.416 e. The van der Waals surface area contributed by atoms with Gasteiger partial charge in [0.05, 0.1) is 28.3 Å². The van der Waals surface area contributed by atoms with Crippen LogP contribution in [0.3, 0.4) is 0 Å². The van der Waals surface area contributed by atoms with E-state index in [1.165, 1.54) is 6.07 Å². The highest BCUT2D eigenvalue weighted by Crippen LogP contribution is 2.33. The molecule has 21 heavy (non-hydrogen) atoms. The molecule has 0 N–H and O–H groups in total. The number of hydrogen-bond donors (Lipinski definition) is 0. The fraction of sp³-hybridized carbons (Fsp3) is 0.462. The average Bonchev–Trinajstić information content (AvgIpc) is 2.76. The van der Waals surface area contributed by atoms with Crippen molar-refractivity contribution in [3.05, 3.63) is 29.3 Å². The lowest BCUT2D eigenvalue weighted by molar-refractivity contribution is -0.137. The monoisotopic (exact) mass is 318 g/mol. The lowest BCUT2D eigenvalue weighted by Crippen LogP contribution is -2.33. The fourth-order valence-corrected chi connectivity index (χ4v) is 4.16. The van der Waals surface area contributed by atoms with E-state index in [2.05, 4.69) is 0 Å². The Bertz CT molecular complexity index is 692. The molecule has 0 bridgehead atoms. The maximum absolute atomic E-state index is 12.6. The van der Waals surface area contributed by atoms with Gasteiger partial charge in [0.2, 0.25) is 0 Å². The molecule has 1 aliphatic heterocycles. The van der Waals surface area contributed by atoms with E-state index in [1.54, 1.807) is 18.0 Å². The van der Waals surface area contributed by atoms with Crippen LogP contribution < -0.4 is 4.90 Å². The summed E-state index contributed by atoms with van der Waals surface area (Å²) in [5.74, 6) is 0.0138. The van der Waals surface area contributed by atoms with E-state index in [9.17, 15) is 21.6 Å². The Balaban J connectivity index is 2.34. The molecule has 1 aromatic rings. The molecule has 0 radical (unpaired) electrons. The van der Waals surface area contributed by atoms with E-state index in [-0.39, 0.29) is 23.1 Å². The van der Waals surface area contributed by atoms with Gasteiger partial charge in [0.25, 0.3) is 0 Å². The topological polar surface area (TPSA) is 61.2 Å². The molecule has 2 rings (SSSR count). The molecule has 1 atom stereocenters. The molecule has 0 aliphatic carbocycles. The van der Waals surface area contributed by atoms with Crippen molar-refractivity contribution in [3.63, 3.8) is 0 Å². The second-order valence-electron chi connectivity index (χ2n) is 5.01. The van der Waals surface area contributed by atoms with Crippen molar-refractivity contribution in [2.75, 3.05) is 23.5 Å². The van der Waals surface area contributed by atoms with Gasteiger partial charge in [0, 0.05) is 13.1 Å². The highest BCUT2D eigenvalue weighted by Gasteiger charge is 2.34. The molecule has 0 aromatic heterocycles. The summed E-state index contributed by atoms with van der Waals surface area (Å²) < 4.78 is 60.9. The smallest absolute Gasteiger partial charge is 0.369 e. The van der Waals surface area contributed by atoms with Crippen LogP contribution in [-0.2, 0) is 16.0 Å². The summed E-state index contributed by atoms with van der Waals surface area (Å²) in [7, 11) is -1.51. The van der Waals surface area contributed by atoms with E-state index in [0.29, 0.717) is 12.1 Å². The average molecular weight is 318 g/mol. The Kier molecular flexibility index (Phi) is 3.89. The van der Waals surface area contributed by atoms with Crippen molar-refractivity contribution in [1.82, 2.24) is 0 Å². The van der Waals surface area contributed by atoms with Gasteiger partial charge in [0.1, 0.15) is 6.07 Å². The second kappa shape index (κ2) is 5.22. The van der Waals surface area contributed by atoms with Gasteiger partial charge in [-0.3, -0.25) is 0 Å². The maximum Gasteiger partial charge on any atom is 0.416 e. The first-order chi connectivity index (χ1) is 9.64. The first-order valence-corrected chi connectivity index (χ1v) is 8.01. The summed E-state index contributed by atoms with van der Waals surface area (Å²) in [6.45, 7) is 0. The summed E-state index contributed by atoms with van der Waals surface area (Å²) in [6, 6.07) is 4.32. The Morgan fingerprint density at radius 2 is 2.05 bits per heavy atom. The fourth-order valence-electron chi connectivity index (χ4n) is 2.39. The molecule has 4 nitrogen and oxygen atoms in total. The van der Waals surface area contributed by atoms with Gasteiger partial charge in [-0.05, 0) is 24.6 Å². The van der Waals surface area contributed by atoms with Gasteiger partial charge < -0.3 is 4.90 Å². The van der Waals surface area contributed by atoms with Gasteiger partial charge in [-0.1, -0.05) is 0 Å². The number of nitrogens with zero attached hydrogens (tertiary/aromatic N) is 2. The lowest BCUT2D eigenvalue weighted by Gasteiger charge is -2.27. The molecule has 1 saturated heterocycles. The molecule has 0 spiro atoms.